The van der Waals surface area contributed by atoms with Crippen molar-refractivity contribution in [3.05, 3.63) is 58.1 Å². The van der Waals surface area contributed by atoms with Gasteiger partial charge in [-0.25, -0.2) is 8.78 Å². The van der Waals surface area contributed by atoms with Crippen LogP contribution in [-0.2, 0) is 0 Å². The molecule has 0 amide bonds. The molecule has 2 rings (SSSR count). The molecule has 0 aliphatic rings. The molecule has 0 fully saturated rings. The second kappa shape index (κ2) is 5.67. The highest BCUT2D eigenvalue weighted by atomic mass is 79.9. The molecule has 0 spiro atoms. The Hall–Kier alpha value is -1.46. The molecule has 0 aliphatic carbocycles. The number of halogens is 3. The summed E-state index contributed by atoms with van der Waals surface area (Å²) < 4.78 is 32.1. The fraction of sp³-hybridized carbons (Fsp3) is 0.143. The van der Waals surface area contributed by atoms with Gasteiger partial charge < -0.3 is 9.84 Å². The lowest BCUT2D eigenvalue weighted by Crippen LogP contribution is -1.93. The third-order valence-corrected chi connectivity index (χ3v) is 3.12. The fourth-order valence-electron chi connectivity index (χ4n) is 1.57. The SMILES string of the molecule is C[C@@H](O)c1ccc(Oc2cc(F)cc(F)c2)c(Br)c1. The Morgan fingerprint density at radius 3 is 2.26 bits per heavy atom. The number of benzene rings is 2. The van der Waals surface area contributed by atoms with E-state index in [9.17, 15) is 13.9 Å². The van der Waals surface area contributed by atoms with E-state index in [0.29, 0.717) is 15.8 Å². The van der Waals surface area contributed by atoms with Crippen molar-refractivity contribution in [2.24, 2.45) is 0 Å². The molecule has 0 unspecified atom stereocenters. The van der Waals surface area contributed by atoms with Gasteiger partial charge in [-0.2, -0.15) is 0 Å². The topological polar surface area (TPSA) is 29.5 Å². The van der Waals surface area contributed by atoms with E-state index in [1.165, 1.54) is 0 Å². The van der Waals surface area contributed by atoms with E-state index < -0.39 is 17.7 Å². The third-order valence-electron chi connectivity index (χ3n) is 2.50. The van der Waals surface area contributed by atoms with Crippen LogP contribution < -0.4 is 4.74 Å². The summed E-state index contributed by atoms with van der Waals surface area (Å²) in [5.74, 6) is -0.921. The number of aliphatic hydroxyl groups excluding tert-OH is 1. The van der Waals surface area contributed by atoms with Crippen LogP contribution in [0, 0.1) is 11.6 Å². The van der Waals surface area contributed by atoms with Gasteiger partial charge in [0.05, 0.1) is 10.6 Å². The fourth-order valence-corrected chi connectivity index (χ4v) is 2.05. The first-order valence-electron chi connectivity index (χ1n) is 5.57. The van der Waals surface area contributed by atoms with Crippen molar-refractivity contribution in [3.8, 4) is 11.5 Å². The first kappa shape index (κ1) is 14.0. The van der Waals surface area contributed by atoms with Crippen LogP contribution in [0.15, 0.2) is 40.9 Å². The number of hydrogen-bond donors (Lipinski definition) is 1. The smallest absolute Gasteiger partial charge is 0.141 e. The van der Waals surface area contributed by atoms with Crippen LogP contribution in [0.4, 0.5) is 8.78 Å². The largest absolute Gasteiger partial charge is 0.456 e. The summed E-state index contributed by atoms with van der Waals surface area (Å²) in [6.45, 7) is 1.64. The first-order chi connectivity index (χ1) is 8.95. The molecule has 0 aliphatic heterocycles. The number of rotatable bonds is 3. The van der Waals surface area contributed by atoms with Crippen LogP contribution in [0.3, 0.4) is 0 Å². The Kier molecular flexibility index (Phi) is 4.17. The van der Waals surface area contributed by atoms with Crippen molar-refractivity contribution in [1.82, 2.24) is 0 Å². The molecular formula is C14H11BrF2O2. The third kappa shape index (κ3) is 3.52. The van der Waals surface area contributed by atoms with Gasteiger partial charge in [0.1, 0.15) is 23.1 Å². The molecule has 2 aromatic carbocycles. The van der Waals surface area contributed by atoms with E-state index in [0.717, 1.165) is 18.2 Å². The Bertz CT molecular complexity index is 580. The number of ether oxygens (including phenoxy) is 1. The van der Waals surface area contributed by atoms with Crippen molar-refractivity contribution in [2.45, 2.75) is 13.0 Å². The maximum atomic E-state index is 13.0. The zero-order chi connectivity index (χ0) is 14.0. The Morgan fingerprint density at radius 2 is 1.74 bits per heavy atom. The molecule has 1 atom stereocenters. The summed E-state index contributed by atoms with van der Waals surface area (Å²) >= 11 is 3.29. The second-order valence-corrected chi connectivity index (χ2v) is 4.93. The van der Waals surface area contributed by atoms with Crippen molar-refractivity contribution in [3.63, 3.8) is 0 Å². The van der Waals surface area contributed by atoms with Crippen molar-refractivity contribution >= 4 is 15.9 Å². The van der Waals surface area contributed by atoms with Gasteiger partial charge >= 0.3 is 0 Å². The minimum atomic E-state index is -0.702. The van der Waals surface area contributed by atoms with Gasteiger partial charge in [0.15, 0.2) is 0 Å². The average Bonchev–Trinajstić information content (AvgIpc) is 2.30. The number of aliphatic hydroxyl groups is 1. The highest BCUT2D eigenvalue weighted by molar-refractivity contribution is 9.10. The van der Waals surface area contributed by atoms with Crippen LogP contribution in [0.25, 0.3) is 0 Å². The maximum absolute atomic E-state index is 13.0. The zero-order valence-corrected chi connectivity index (χ0v) is 11.6. The van der Waals surface area contributed by atoms with Gasteiger partial charge in [0.2, 0.25) is 0 Å². The zero-order valence-electron chi connectivity index (χ0n) is 10.0. The van der Waals surface area contributed by atoms with Gasteiger partial charge in [0.25, 0.3) is 0 Å². The monoisotopic (exact) mass is 328 g/mol. The van der Waals surface area contributed by atoms with Crippen LogP contribution in [0.5, 0.6) is 11.5 Å². The van der Waals surface area contributed by atoms with E-state index in [1.807, 2.05) is 0 Å². The van der Waals surface area contributed by atoms with Crippen LogP contribution in [0.1, 0.15) is 18.6 Å². The average molecular weight is 329 g/mol. The highest BCUT2D eigenvalue weighted by Crippen LogP contribution is 2.32. The molecule has 0 radical (unpaired) electrons. The summed E-state index contributed by atoms with van der Waals surface area (Å²) in [5.41, 5.74) is 0.713. The molecule has 100 valence electrons. The van der Waals surface area contributed by atoms with Gasteiger partial charge in [-0.05, 0) is 40.5 Å². The Morgan fingerprint density at radius 1 is 1.11 bits per heavy atom. The van der Waals surface area contributed by atoms with Crippen LogP contribution >= 0.6 is 15.9 Å². The first-order valence-corrected chi connectivity index (χ1v) is 6.36. The van der Waals surface area contributed by atoms with Gasteiger partial charge in [0, 0.05) is 18.2 Å². The molecule has 0 heterocycles. The Labute approximate surface area is 117 Å². The molecular weight excluding hydrogens is 318 g/mol. The summed E-state index contributed by atoms with van der Waals surface area (Å²) in [7, 11) is 0. The molecule has 5 heteroatoms. The summed E-state index contributed by atoms with van der Waals surface area (Å²) in [5, 5.41) is 9.44. The quantitative estimate of drug-likeness (QED) is 0.894. The van der Waals surface area contributed by atoms with Crippen molar-refractivity contribution in [1.29, 1.82) is 0 Å². The normalized spacial score (nSPS) is 12.3. The minimum absolute atomic E-state index is 0.0722. The molecule has 0 aromatic heterocycles. The molecule has 2 aromatic rings. The van der Waals surface area contributed by atoms with Crippen LogP contribution in [0.2, 0.25) is 0 Å². The lowest BCUT2D eigenvalue weighted by molar-refractivity contribution is 0.199. The summed E-state index contributed by atoms with van der Waals surface area (Å²) in [6, 6.07) is 7.96. The van der Waals surface area contributed by atoms with E-state index in [-0.39, 0.29) is 5.75 Å². The van der Waals surface area contributed by atoms with Crippen LogP contribution in [-0.4, -0.2) is 5.11 Å². The lowest BCUT2D eigenvalue weighted by atomic mass is 10.1. The van der Waals surface area contributed by atoms with Gasteiger partial charge in [-0.15, -0.1) is 0 Å². The van der Waals surface area contributed by atoms with Crippen molar-refractivity contribution < 1.29 is 18.6 Å². The molecule has 0 saturated carbocycles. The predicted octanol–water partition coefficient (Wildman–Crippen LogP) is 4.57. The van der Waals surface area contributed by atoms with E-state index >= 15 is 0 Å². The predicted molar refractivity (Wildman–Crippen MR) is 71.2 cm³/mol. The van der Waals surface area contributed by atoms with Crippen molar-refractivity contribution in [2.75, 3.05) is 0 Å². The molecule has 0 bridgehead atoms. The second-order valence-electron chi connectivity index (χ2n) is 4.07. The molecule has 19 heavy (non-hydrogen) atoms. The molecule has 2 nitrogen and oxygen atoms in total. The van der Waals surface area contributed by atoms with E-state index in [4.69, 9.17) is 4.74 Å². The molecule has 0 saturated heterocycles. The van der Waals surface area contributed by atoms with Gasteiger partial charge in [-0.1, -0.05) is 6.07 Å². The van der Waals surface area contributed by atoms with Gasteiger partial charge in [-0.3, -0.25) is 0 Å². The maximum Gasteiger partial charge on any atom is 0.141 e. The number of hydrogen-bond acceptors (Lipinski definition) is 2. The standard InChI is InChI=1S/C14H11BrF2O2/c1-8(18)9-2-3-14(13(15)4-9)19-12-6-10(16)5-11(17)7-12/h2-8,18H,1H3/t8-/m1/s1. The molecule has 1 N–H and O–H groups in total. The Balaban J connectivity index is 2.28. The van der Waals surface area contributed by atoms with E-state index in [1.54, 1.807) is 25.1 Å². The minimum Gasteiger partial charge on any atom is -0.456 e. The lowest BCUT2D eigenvalue weighted by Gasteiger charge is -2.11. The summed E-state index contributed by atoms with van der Waals surface area (Å²) in [6.07, 6.45) is -0.600. The highest BCUT2D eigenvalue weighted by Gasteiger charge is 2.08. The van der Waals surface area contributed by atoms with E-state index in [2.05, 4.69) is 15.9 Å². The summed E-state index contributed by atoms with van der Waals surface area (Å²) in [4.78, 5) is 0.